The molecule has 8 heteroatoms. The number of rotatable bonds is 5. The number of ether oxygens (including phenoxy) is 1. The highest BCUT2D eigenvalue weighted by Crippen LogP contribution is 2.26. The molecule has 1 aliphatic rings. The van der Waals surface area contributed by atoms with Crippen molar-refractivity contribution >= 4 is 28.4 Å². The van der Waals surface area contributed by atoms with Crippen LogP contribution < -0.4 is 0 Å². The molecule has 1 saturated heterocycles. The molecule has 0 aliphatic carbocycles. The molecular formula is C16H17N5O2S. The van der Waals surface area contributed by atoms with Gasteiger partial charge in [-0.2, -0.15) is 0 Å². The van der Waals surface area contributed by atoms with Crippen molar-refractivity contribution in [3.05, 3.63) is 36.0 Å². The number of aromatic amines is 1. The fraction of sp³-hybridized carbons (Fsp3) is 0.375. The summed E-state index contributed by atoms with van der Waals surface area (Å²) in [6, 6.07) is 8.05. The molecule has 1 aromatic carbocycles. The van der Waals surface area contributed by atoms with E-state index in [0.29, 0.717) is 16.5 Å². The highest BCUT2D eigenvalue weighted by Gasteiger charge is 2.21. The van der Waals surface area contributed by atoms with Crippen molar-refractivity contribution in [2.24, 2.45) is 0 Å². The van der Waals surface area contributed by atoms with Crippen molar-refractivity contribution < 1.29 is 9.53 Å². The quantitative estimate of drug-likeness (QED) is 0.566. The number of H-pyrrole nitrogens is 1. The monoisotopic (exact) mass is 343 g/mol. The van der Waals surface area contributed by atoms with E-state index >= 15 is 0 Å². The van der Waals surface area contributed by atoms with Gasteiger partial charge in [0.25, 0.3) is 0 Å². The second-order valence-electron chi connectivity index (χ2n) is 5.71. The zero-order valence-electron chi connectivity index (χ0n) is 13.0. The van der Waals surface area contributed by atoms with Crippen LogP contribution in [0.3, 0.4) is 0 Å². The van der Waals surface area contributed by atoms with E-state index in [4.69, 9.17) is 4.74 Å². The topological polar surface area (TPSA) is 85.7 Å². The Hall–Kier alpha value is -2.19. The Morgan fingerprint density at radius 3 is 3.04 bits per heavy atom. The Bertz CT molecular complexity index is 853. The Balaban J connectivity index is 1.47. The summed E-state index contributed by atoms with van der Waals surface area (Å²) in [4.78, 5) is 15.7. The molecule has 3 aromatic rings. The standard InChI is InChI=1S/C16H17N5O2S/c22-15(13-9-17-14-4-2-1-3-12(13)14)10-24-16-18-19-20-21(16)11-5-7-23-8-6-11/h1-4,9,11,17H,5-8,10H2. The van der Waals surface area contributed by atoms with E-state index in [1.165, 1.54) is 11.8 Å². The summed E-state index contributed by atoms with van der Waals surface area (Å²) in [5.74, 6) is 0.379. The maximum absolute atomic E-state index is 12.6. The SMILES string of the molecule is O=C(CSc1nnnn1C1CCOCC1)c1c[nH]c2ccccc12. The number of hydrogen-bond donors (Lipinski definition) is 1. The molecule has 0 bridgehead atoms. The van der Waals surface area contributed by atoms with Gasteiger partial charge in [-0.15, -0.1) is 5.10 Å². The number of para-hydroxylation sites is 1. The minimum absolute atomic E-state index is 0.0685. The average Bonchev–Trinajstić information content (AvgIpc) is 3.27. The molecule has 7 nitrogen and oxygen atoms in total. The lowest BCUT2D eigenvalue weighted by Gasteiger charge is -2.22. The molecule has 1 fully saturated rings. The number of thioether (sulfide) groups is 1. The molecule has 0 amide bonds. The molecule has 1 aliphatic heterocycles. The molecule has 4 rings (SSSR count). The Kier molecular flexibility index (Phi) is 4.31. The average molecular weight is 343 g/mol. The molecule has 2 aromatic heterocycles. The van der Waals surface area contributed by atoms with Crippen LogP contribution in [0.4, 0.5) is 0 Å². The third-order valence-corrected chi connectivity index (χ3v) is 5.15. The Labute approximate surface area is 142 Å². The van der Waals surface area contributed by atoms with Crippen molar-refractivity contribution in [1.29, 1.82) is 0 Å². The first-order valence-electron chi connectivity index (χ1n) is 7.90. The number of tetrazole rings is 1. The number of ketones is 1. The number of benzene rings is 1. The zero-order valence-corrected chi connectivity index (χ0v) is 13.8. The van der Waals surface area contributed by atoms with Crippen LogP contribution in [0, 0.1) is 0 Å². The lowest BCUT2D eigenvalue weighted by molar-refractivity contribution is 0.0631. The van der Waals surface area contributed by atoms with E-state index in [1.54, 1.807) is 6.20 Å². The van der Waals surface area contributed by atoms with Gasteiger partial charge in [-0.05, 0) is 29.3 Å². The highest BCUT2D eigenvalue weighted by molar-refractivity contribution is 7.99. The molecule has 24 heavy (non-hydrogen) atoms. The van der Waals surface area contributed by atoms with Crippen LogP contribution in [0.25, 0.3) is 10.9 Å². The predicted molar refractivity (Wildman–Crippen MR) is 90.3 cm³/mol. The molecule has 0 saturated carbocycles. The number of carbonyl (C=O) groups is 1. The normalized spacial score (nSPS) is 15.8. The first-order chi connectivity index (χ1) is 11.8. The fourth-order valence-corrected chi connectivity index (χ4v) is 3.78. The first kappa shape index (κ1) is 15.3. The first-order valence-corrected chi connectivity index (χ1v) is 8.89. The number of nitrogens with zero attached hydrogens (tertiary/aromatic N) is 4. The fourth-order valence-electron chi connectivity index (χ4n) is 2.95. The van der Waals surface area contributed by atoms with Crippen molar-refractivity contribution in [2.75, 3.05) is 19.0 Å². The van der Waals surface area contributed by atoms with E-state index in [1.807, 2.05) is 28.9 Å². The second kappa shape index (κ2) is 6.74. The number of aromatic nitrogens is 5. The largest absolute Gasteiger partial charge is 0.381 e. The van der Waals surface area contributed by atoms with E-state index in [2.05, 4.69) is 20.5 Å². The van der Waals surface area contributed by atoms with Crippen LogP contribution in [-0.4, -0.2) is 49.9 Å². The number of carbonyl (C=O) groups excluding carboxylic acids is 1. The minimum Gasteiger partial charge on any atom is -0.381 e. The van der Waals surface area contributed by atoms with Crippen LogP contribution in [0.5, 0.6) is 0 Å². The van der Waals surface area contributed by atoms with Gasteiger partial charge in [-0.1, -0.05) is 30.0 Å². The van der Waals surface area contributed by atoms with E-state index in [9.17, 15) is 4.79 Å². The maximum Gasteiger partial charge on any atom is 0.210 e. The summed E-state index contributed by atoms with van der Waals surface area (Å²) in [5, 5.41) is 13.6. The second-order valence-corrected chi connectivity index (χ2v) is 6.65. The van der Waals surface area contributed by atoms with Crippen LogP contribution in [0.1, 0.15) is 29.2 Å². The van der Waals surface area contributed by atoms with Gasteiger partial charge in [-0.25, -0.2) is 4.68 Å². The Morgan fingerprint density at radius 1 is 1.33 bits per heavy atom. The van der Waals surface area contributed by atoms with Crippen molar-refractivity contribution in [3.8, 4) is 0 Å². The molecule has 0 atom stereocenters. The molecule has 0 unspecified atom stereocenters. The third-order valence-electron chi connectivity index (χ3n) is 4.22. The van der Waals surface area contributed by atoms with Gasteiger partial charge in [0.05, 0.1) is 11.8 Å². The van der Waals surface area contributed by atoms with Crippen LogP contribution in [0.2, 0.25) is 0 Å². The number of hydrogen-bond acceptors (Lipinski definition) is 6. The van der Waals surface area contributed by atoms with Crippen LogP contribution in [-0.2, 0) is 4.74 Å². The lowest BCUT2D eigenvalue weighted by Crippen LogP contribution is -2.21. The summed E-state index contributed by atoms with van der Waals surface area (Å²) in [5.41, 5.74) is 1.68. The molecule has 0 spiro atoms. The van der Waals surface area contributed by atoms with Gasteiger partial charge >= 0.3 is 0 Å². The smallest absolute Gasteiger partial charge is 0.210 e. The molecule has 124 valence electrons. The predicted octanol–water partition coefficient (Wildman–Crippen LogP) is 2.48. The van der Waals surface area contributed by atoms with Gasteiger partial charge < -0.3 is 9.72 Å². The number of Topliss-reactive ketones (excluding diaryl/α,β-unsaturated/α-hetero) is 1. The molecule has 1 N–H and O–H groups in total. The third kappa shape index (κ3) is 2.94. The highest BCUT2D eigenvalue weighted by atomic mass is 32.2. The molecular weight excluding hydrogens is 326 g/mol. The van der Waals surface area contributed by atoms with Crippen molar-refractivity contribution in [3.63, 3.8) is 0 Å². The summed E-state index contributed by atoms with van der Waals surface area (Å²) in [6.45, 7) is 1.45. The number of fused-ring (bicyclic) bond motifs is 1. The summed E-state index contributed by atoms with van der Waals surface area (Å²) in [6.07, 6.45) is 3.57. The maximum atomic E-state index is 12.6. The number of nitrogens with one attached hydrogen (secondary N) is 1. The van der Waals surface area contributed by atoms with E-state index in [0.717, 1.165) is 37.0 Å². The van der Waals surface area contributed by atoms with Gasteiger partial charge in [0.2, 0.25) is 5.16 Å². The summed E-state index contributed by atoms with van der Waals surface area (Å²) in [7, 11) is 0. The summed E-state index contributed by atoms with van der Waals surface area (Å²) >= 11 is 1.38. The van der Waals surface area contributed by atoms with Crippen LogP contribution in [0.15, 0.2) is 35.6 Å². The van der Waals surface area contributed by atoms with Crippen molar-refractivity contribution in [1.82, 2.24) is 25.2 Å². The van der Waals surface area contributed by atoms with Gasteiger partial charge in [0.1, 0.15) is 0 Å². The minimum atomic E-state index is 0.0685. The lowest BCUT2D eigenvalue weighted by atomic mass is 10.1. The Morgan fingerprint density at radius 2 is 2.17 bits per heavy atom. The molecule has 3 heterocycles. The van der Waals surface area contributed by atoms with Gasteiger partial charge in [0.15, 0.2) is 5.78 Å². The zero-order chi connectivity index (χ0) is 16.4. The van der Waals surface area contributed by atoms with Crippen LogP contribution >= 0.6 is 11.8 Å². The van der Waals surface area contributed by atoms with E-state index in [-0.39, 0.29) is 11.8 Å². The summed E-state index contributed by atoms with van der Waals surface area (Å²) < 4.78 is 7.21. The van der Waals surface area contributed by atoms with Gasteiger partial charge in [-0.3, -0.25) is 4.79 Å². The molecule has 0 radical (unpaired) electrons. The van der Waals surface area contributed by atoms with Gasteiger partial charge in [0, 0.05) is 35.9 Å². The van der Waals surface area contributed by atoms with Crippen molar-refractivity contribution in [2.45, 2.75) is 24.0 Å². The van der Waals surface area contributed by atoms with E-state index < -0.39 is 0 Å².